The maximum Gasteiger partial charge on any atom is 0.229 e. The van der Waals surface area contributed by atoms with Gasteiger partial charge >= 0.3 is 0 Å². The summed E-state index contributed by atoms with van der Waals surface area (Å²) >= 11 is 1.60. The van der Waals surface area contributed by atoms with Crippen molar-refractivity contribution in [3.63, 3.8) is 0 Å². The highest BCUT2D eigenvalue weighted by atomic mass is 32.1. The largest absolute Gasteiger partial charge is 0.392 e. The first-order chi connectivity index (χ1) is 14.7. The zero-order valence-corrected chi connectivity index (χ0v) is 20.3. The number of nitrogens with zero attached hydrogens (tertiary/aromatic N) is 2. The molecule has 1 aromatic rings. The van der Waals surface area contributed by atoms with Crippen LogP contribution in [0.25, 0.3) is 0 Å². The van der Waals surface area contributed by atoms with E-state index in [4.69, 9.17) is 4.98 Å². The van der Waals surface area contributed by atoms with Crippen molar-refractivity contribution < 1.29 is 14.7 Å². The molecule has 3 aliphatic rings. The molecule has 3 aliphatic carbocycles. The van der Waals surface area contributed by atoms with Crippen LogP contribution in [0.4, 0.5) is 5.13 Å². The average molecular weight is 448 g/mol. The molecule has 2 saturated carbocycles. The van der Waals surface area contributed by atoms with Crippen LogP contribution in [-0.4, -0.2) is 46.0 Å². The molecule has 1 heterocycles. The Bertz CT molecular complexity index is 847. The van der Waals surface area contributed by atoms with Gasteiger partial charge in [0.25, 0.3) is 0 Å². The van der Waals surface area contributed by atoms with E-state index in [1.807, 2.05) is 25.7 Å². The van der Waals surface area contributed by atoms with Crippen LogP contribution < -0.4 is 5.32 Å². The number of hydrogen-bond donors (Lipinski definition) is 2. The highest BCUT2D eigenvalue weighted by Gasteiger charge is 2.54. The van der Waals surface area contributed by atoms with E-state index in [1.54, 1.807) is 11.3 Å². The quantitative estimate of drug-likeness (QED) is 0.689. The van der Waals surface area contributed by atoms with Gasteiger partial charge < -0.3 is 15.3 Å². The number of amides is 2. The van der Waals surface area contributed by atoms with E-state index >= 15 is 0 Å². The fraction of sp³-hybridized carbons (Fsp3) is 0.792. The predicted octanol–water partition coefficient (Wildman–Crippen LogP) is 4.05. The number of rotatable bonds is 6. The van der Waals surface area contributed by atoms with E-state index in [0.717, 1.165) is 37.8 Å². The molecule has 1 unspecified atom stereocenters. The van der Waals surface area contributed by atoms with E-state index in [1.165, 1.54) is 4.88 Å². The molecular weight excluding hydrogens is 410 g/mol. The molecule has 31 heavy (non-hydrogen) atoms. The van der Waals surface area contributed by atoms with Crippen molar-refractivity contribution >= 4 is 28.3 Å². The van der Waals surface area contributed by atoms with Crippen LogP contribution in [0.1, 0.15) is 76.8 Å². The molecule has 1 aromatic heterocycles. The zero-order chi connectivity index (χ0) is 22.5. The molecule has 0 saturated heterocycles. The minimum absolute atomic E-state index is 0.00932. The Morgan fingerprint density at radius 1 is 1.29 bits per heavy atom. The van der Waals surface area contributed by atoms with Gasteiger partial charge in [0, 0.05) is 35.7 Å². The molecule has 172 valence electrons. The van der Waals surface area contributed by atoms with E-state index < -0.39 is 6.10 Å². The second-order valence-electron chi connectivity index (χ2n) is 10.2. The van der Waals surface area contributed by atoms with Gasteiger partial charge in [-0.15, -0.1) is 11.3 Å². The van der Waals surface area contributed by atoms with Crippen molar-refractivity contribution in [2.75, 3.05) is 18.4 Å². The van der Waals surface area contributed by atoms with Gasteiger partial charge in [0.1, 0.15) is 0 Å². The third-order valence-corrected chi connectivity index (χ3v) is 9.19. The topological polar surface area (TPSA) is 82.5 Å². The standard InChI is InChI=1S/C24H37N3O3S/c1-6-27(7-2)22(30)13(3)16-10-11-24(5)12-17-19(14(4)18(24)20(16)28)25-23(31-17)26-21(29)15-8-9-15/h13-16,18,20,28H,6-12H2,1-5H3,(H,25,26,29)/t13?,14-,16-,18+,20-,24-/m0/s1. The summed E-state index contributed by atoms with van der Waals surface area (Å²) < 4.78 is 0. The van der Waals surface area contributed by atoms with Crippen molar-refractivity contribution in [3.05, 3.63) is 10.6 Å². The van der Waals surface area contributed by atoms with Crippen LogP contribution in [0.2, 0.25) is 0 Å². The molecule has 6 nitrogen and oxygen atoms in total. The first-order valence-corrected chi connectivity index (χ1v) is 12.8. The maximum absolute atomic E-state index is 13.0. The van der Waals surface area contributed by atoms with Crippen molar-refractivity contribution in [2.24, 2.45) is 29.1 Å². The Kier molecular flexibility index (Phi) is 6.21. The normalized spacial score (nSPS) is 33.2. The zero-order valence-electron chi connectivity index (χ0n) is 19.5. The van der Waals surface area contributed by atoms with E-state index in [2.05, 4.69) is 19.2 Å². The summed E-state index contributed by atoms with van der Waals surface area (Å²) in [5.41, 5.74) is 1.02. The third kappa shape index (κ3) is 4.04. The lowest BCUT2D eigenvalue weighted by molar-refractivity contribution is -0.144. The highest BCUT2D eigenvalue weighted by molar-refractivity contribution is 7.15. The Hall–Kier alpha value is -1.47. The van der Waals surface area contributed by atoms with Gasteiger partial charge in [-0.2, -0.15) is 0 Å². The lowest BCUT2D eigenvalue weighted by Gasteiger charge is -2.53. The molecule has 0 radical (unpaired) electrons. The van der Waals surface area contributed by atoms with Gasteiger partial charge in [-0.25, -0.2) is 4.98 Å². The fourth-order valence-electron chi connectivity index (χ4n) is 6.16. The molecule has 0 spiro atoms. The lowest BCUT2D eigenvalue weighted by Crippen LogP contribution is -2.53. The molecule has 0 aliphatic heterocycles. The number of aliphatic hydroxyl groups is 1. The second-order valence-corrected chi connectivity index (χ2v) is 11.3. The minimum atomic E-state index is -0.525. The van der Waals surface area contributed by atoms with Gasteiger partial charge in [0.2, 0.25) is 11.8 Å². The SMILES string of the molecule is CCN(CC)C(=O)C(C)[C@@H]1CC[C@@]2(C)Cc3sc(NC(=O)C4CC4)nc3[C@@H](C)[C@@H]2[C@H]1O. The van der Waals surface area contributed by atoms with Crippen LogP contribution in [-0.2, 0) is 16.0 Å². The monoisotopic (exact) mass is 447 g/mol. The molecule has 6 atom stereocenters. The van der Waals surface area contributed by atoms with Crippen LogP contribution in [0.15, 0.2) is 0 Å². The third-order valence-electron chi connectivity index (χ3n) is 8.21. The van der Waals surface area contributed by atoms with Crippen LogP contribution in [0.5, 0.6) is 0 Å². The first-order valence-electron chi connectivity index (χ1n) is 12.0. The number of anilines is 1. The Morgan fingerprint density at radius 2 is 1.97 bits per heavy atom. The smallest absolute Gasteiger partial charge is 0.229 e. The second kappa shape index (κ2) is 8.47. The summed E-state index contributed by atoms with van der Waals surface area (Å²) in [7, 11) is 0. The molecular formula is C24H37N3O3S. The van der Waals surface area contributed by atoms with Crippen molar-refractivity contribution in [3.8, 4) is 0 Å². The number of nitrogens with one attached hydrogen (secondary N) is 1. The molecule has 0 aromatic carbocycles. The number of aliphatic hydroxyl groups excluding tert-OH is 1. The van der Waals surface area contributed by atoms with E-state index in [-0.39, 0.29) is 46.8 Å². The molecule has 4 rings (SSSR count). The van der Waals surface area contributed by atoms with Gasteiger partial charge in [-0.05, 0) is 63.2 Å². The Morgan fingerprint density at radius 3 is 2.58 bits per heavy atom. The summed E-state index contributed by atoms with van der Waals surface area (Å²) in [4.78, 5) is 33.1. The van der Waals surface area contributed by atoms with Gasteiger partial charge in [0.05, 0.1) is 11.8 Å². The van der Waals surface area contributed by atoms with Crippen LogP contribution in [0, 0.1) is 29.1 Å². The molecule has 2 amide bonds. The van der Waals surface area contributed by atoms with Crippen molar-refractivity contribution in [1.29, 1.82) is 0 Å². The predicted molar refractivity (Wildman–Crippen MR) is 123 cm³/mol. The van der Waals surface area contributed by atoms with Gasteiger partial charge in [-0.3, -0.25) is 9.59 Å². The summed E-state index contributed by atoms with van der Waals surface area (Å²) in [5.74, 6) is 0.363. The lowest BCUT2D eigenvalue weighted by atomic mass is 9.53. The Labute approximate surface area is 189 Å². The summed E-state index contributed by atoms with van der Waals surface area (Å²) in [6, 6.07) is 0. The number of fused-ring (bicyclic) bond motifs is 2. The Balaban J connectivity index is 1.55. The number of hydrogen-bond acceptors (Lipinski definition) is 5. The molecule has 7 heteroatoms. The maximum atomic E-state index is 13.0. The summed E-state index contributed by atoms with van der Waals surface area (Å²) in [6.07, 6.45) is 4.19. The van der Waals surface area contributed by atoms with Crippen molar-refractivity contribution in [2.45, 2.75) is 78.7 Å². The highest BCUT2D eigenvalue weighted by Crippen LogP contribution is 2.57. The number of aromatic nitrogens is 1. The molecule has 2 fully saturated rings. The van der Waals surface area contributed by atoms with E-state index in [9.17, 15) is 14.7 Å². The van der Waals surface area contributed by atoms with Crippen LogP contribution in [0.3, 0.4) is 0 Å². The number of carbonyl (C=O) groups is 2. The van der Waals surface area contributed by atoms with E-state index in [0.29, 0.717) is 18.2 Å². The number of carbonyl (C=O) groups excluding carboxylic acids is 2. The van der Waals surface area contributed by atoms with Gasteiger partial charge in [0.15, 0.2) is 5.13 Å². The minimum Gasteiger partial charge on any atom is -0.392 e. The summed E-state index contributed by atoms with van der Waals surface area (Å²) in [5, 5.41) is 15.3. The molecule has 2 N–H and O–H groups in total. The summed E-state index contributed by atoms with van der Waals surface area (Å²) in [6.45, 7) is 11.9. The first kappa shape index (κ1) is 22.7. The van der Waals surface area contributed by atoms with Crippen LogP contribution >= 0.6 is 11.3 Å². The van der Waals surface area contributed by atoms with Crippen molar-refractivity contribution in [1.82, 2.24) is 9.88 Å². The average Bonchev–Trinajstić information content (AvgIpc) is 3.50. The fourth-order valence-corrected chi connectivity index (χ4v) is 7.43. The molecule has 0 bridgehead atoms. The van der Waals surface area contributed by atoms with Gasteiger partial charge in [-0.1, -0.05) is 20.8 Å². The number of thiazole rings is 1.